The Hall–Kier alpha value is -2.65. The van der Waals surface area contributed by atoms with Gasteiger partial charge in [0.1, 0.15) is 6.54 Å². The highest BCUT2D eigenvalue weighted by atomic mass is 35.5. The molecule has 2 aromatic rings. The van der Waals surface area contributed by atoms with Crippen molar-refractivity contribution in [1.29, 1.82) is 0 Å². The van der Waals surface area contributed by atoms with Gasteiger partial charge >= 0.3 is 0 Å². The van der Waals surface area contributed by atoms with Crippen molar-refractivity contribution in [2.45, 2.75) is 6.92 Å². The summed E-state index contributed by atoms with van der Waals surface area (Å²) >= 11 is 5.89. The number of hydrogen-bond donors (Lipinski definition) is 1. The fourth-order valence-corrected chi connectivity index (χ4v) is 3.45. The Balaban J connectivity index is 2.25. The summed E-state index contributed by atoms with van der Waals surface area (Å²) in [5.74, 6) is -0.634. The van der Waals surface area contributed by atoms with Crippen molar-refractivity contribution in [3.63, 3.8) is 0 Å². The first-order valence-corrected chi connectivity index (χ1v) is 9.59. The van der Waals surface area contributed by atoms with E-state index in [4.69, 9.17) is 11.6 Å². The highest BCUT2D eigenvalue weighted by Gasteiger charge is 2.22. The van der Waals surface area contributed by atoms with Crippen molar-refractivity contribution in [3.8, 4) is 0 Å². The Morgan fingerprint density at radius 3 is 2.54 bits per heavy atom. The lowest BCUT2D eigenvalue weighted by Gasteiger charge is -2.23. The van der Waals surface area contributed by atoms with Gasteiger partial charge in [-0.1, -0.05) is 17.7 Å². The third-order valence-electron chi connectivity index (χ3n) is 3.46. The maximum absolute atomic E-state index is 12.3. The molecule has 0 radical (unpaired) electrons. The normalized spacial score (nSPS) is 11.0. The molecule has 0 atom stereocenters. The summed E-state index contributed by atoms with van der Waals surface area (Å²) in [4.78, 5) is 22.5. The second-order valence-corrected chi connectivity index (χ2v) is 7.90. The average Bonchev–Trinajstić information content (AvgIpc) is 2.52. The number of sulfonamides is 1. The number of benzene rings is 2. The van der Waals surface area contributed by atoms with Crippen LogP contribution in [-0.4, -0.2) is 32.0 Å². The molecule has 0 bridgehead atoms. The van der Waals surface area contributed by atoms with Gasteiger partial charge in [0, 0.05) is 22.8 Å². The summed E-state index contributed by atoms with van der Waals surface area (Å²) in [6.07, 6.45) is 0.988. The number of nitrogens with one attached hydrogen (secondary N) is 1. The number of halogens is 1. The smallest absolute Gasteiger partial charge is 0.271 e. The molecule has 0 aliphatic heterocycles. The van der Waals surface area contributed by atoms with E-state index in [1.54, 1.807) is 13.0 Å². The molecular weight excluding hydrogens is 382 g/mol. The third kappa shape index (κ3) is 4.93. The van der Waals surface area contributed by atoms with Crippen molar-refractivity contribution < 1.29 is 18.1 Å². The molecule has 0 fully saturated rings. The number of carbonyl (C=O) groups excluding carboxylic acids is 1. The minimum atomic E-state index is -3.74. The Labute approximate surface area is 155 Å². The lowest BCUT2D eigenvalue weighted by Crippen LogP contribution is -2.37. The van der Waals surface area contributed by atoms with Gasteiger partial charge in [0.15, 0.2) is 0 Å². The fraction of sp³-hybridized carbons (Fsp3) is 0.188. The molecule has 1 amide bonds. The molecule has 138 valence electrons. The number of amides is 1. The van der Waals surface area contributed by atoms with Gasteiger partial charge in [-0.15, -0.1) is 0 Å². The Morgan fingerprint density at radius 1 is 1.27 bits per heavy atom. The summed E-state index contributed by atoms with van der Waals surface area (Å²) in [6, 6.07) is 10.0. The van der Waals surface area contributed by atoms with Crippen LogP contribution in [0, 0.1) is 17.0 Å². The number of hydrogen-bond acceptors (Lipinski definition) is 5. The minimum Gasteiger partial charge on any atom is -0.324 e. The molecule has 0 spiro atoms. The third-order valence-corrected chi connectivity index (χ3v) is 4.82. The summed E-state index contributed by atoms with van der Waals surface area (Å²) < 4.78 is 25.2. The minimum absolute atomic E-state index is 0.184. The second-order valence-electron chi connectivity index (χ2n) is 5.56. The molecule has 26 heavy (non-hydrogen) atoms. The van der Waals surface area contributed by atoms with Crippen molar-refractivity contribution in [2.24, 2.45) is 0 Å². The molecule has 0 saturated carbocycles. The molecule has 0 aliphatic carbocycles. The quantitative estimate of drug-likeness (QED) is 0.595. The number of non-ortho nitro benzene ring substituents is 1. The van der Waals surface area contributed by atoms with Crippen molar-refractivity contribution in [2.75, 3.05) is 22.4 Å². The van der Waals surface area contributed by atoms with E-state index in [0.29, 0.717) is 16.3 Å². The zero-order valence-corrected chi connectivity index (χ0v) is 15.5. The summed E-state index contributed by atoms with van der Waals surface area (Å²) in [5, 5.41) is 13.7. The Kier molecular flexibility index (Phi) is 5.83. The Bertz CT molecular complexity index is 962. The van der Waals surface area contributed by atoms with Crippen LogP contribution >= 0.6 is 11.6 Å². The zero-order valence-electron chi connectivity index (χ0n) is 14.0. The standard InChI is InChI=1S/C16H16ClN3O5S/c1-11-8-12(17)6-7-15(11)19(26(2,24)25)10-16(21)18-13-4-3-5-14(9-13)20(22)23/h3-9H,10H2,1-2H3,(H,18,21). The van der Waals surface area contributed by atoms with Gasteiger partial charge in [-0.2, -0.15) is 0 Å². The van der Waals surface area contributed by atoms with E-state index in [0.717, 1.165) is 10.6 Å². The van der Waals surface area contributed by atoms with Gasteiger partial charge < -0.3 is 5.32 Å². The molecular formula is C16H16ClN3O5S. The topological polar surface area (TPSA) is 110 Å². The second kappa shape index (κ2) is 7.71. The highest BCUT2D eigenvalue weighted by molar-refractivity contribution is 7.92. The number of aryl methyl sites for hydroxylation is 1. The predicted octanol–water partition coefficient (Wildman–Crippen LogP) is 2.96. The van der Waals surface area contributed by atoms with Crippen LogP contribution < -0.4 is 9.62 Å². The lowest BCUT2D eigenvalue weighted by molar-refractivity contribution is -0.384. The maximum atomic E-state index is 12.3. The van der Waals surface area contributed by atoms with Gasteiger partial charge in [-0.05, 0) is 36.8 Å². The van der Waals surface area contributed by atoms with Gasteiger partial charge in [0.05, 0.1) is 16.9 Å². The summed E-state index contributed by atoms with van der Waals surface area (Å²) in [5.41, 5.74) is 0.930. The van der Waals surface area contributed by atoms with Crippen LogP contribution in [0.5, 0.6) is 0 Å². The molecule has 8 nitrogen and oxygen atoms in total. The van der Waals surface area contributed by atoms with Crippen LogP contribution in [0.3, 0.4) is 0 Å². The molecule has 10 heteroatoms. The number of rotatable bonds is 6. The van der Waals surface area contributed by atoms with Gasteiger partial charge in [-0.3, -0.25) is 19.2 Å². The number of nitro groups is 1. The first-order chi connectivity index (χ1) is 12.1. The van der Waals surface area contributed by atoms with Crippen molar-refractivity contribution in [1.82, 2.24) is 0 Å². The van der Waals surface area contributed by atoms with Crippen LogP contribution in [0.15, 0.2) is 42.5 Å². The van der Waals surface area contributed by atoms with Gasteiger partial charge in [0.2, 0.25) is 15.9 Å². The number of nitro benzene ring substituents is 1. The molecule has 0 saturated heterocycles. The largest absolute Gasteiger partial charge is 0.324 e. The fourth-order valence-electron chi connectivity index (χ4n) is 2.31. The van der Waals surface area contributed by atoms with Crippen molar-refractivity contribution in [3.05, 3.63) is 63.2 Å². The van der Waals surface area contributed by atoms with Crippen molar-refractivity contribution >= 4 is 44.6 Å². The van der Waals surface area contributed by atoms with E-state index >= 15 is 0 Å². The van der Waals surface area contributed by atoms with Crippen LogP contribution in [0.1, 0.15) is 5.56 Å². The van der Waals surface area contributed by atoms with E-state index in [1.807, 2.05) is 0 Å². The molecule has 2 rings (SSSR count). The van der Waals surface area contributed by atoms with E-state index in [-0.39, 0.29) is 11.4 Å². The maximum Gasteiger partial charge on any atom is 0.271 e. The SMILES string of the molecule is Cc1cc(Cl)ccc1N(CC(=O)Nc1cccc([N+](=O)[O-])c1)S(C)(=O)=O. The van der Waals surface area contributed by atoms with Crippen LogP contribution in [0.25, 0.3) is 0 Å². The molecule has 0 heterocycles. The predicted molar refractivity (Wildman–Crippen MR) is 100 cm³/mol. The van der Waals surface area contributed by atoms with Crippen LogP contribution in [0.4, 0.5) is 17.1 Å². The molecule has 2 aromatic carbocycles. The van der Waals surface area contributed by atoms with Crippen LogP contribution in [0.2, 0.25) is 5.02 Å². The van der Waals surface area contributed by atoms with Crippen LogP contribution in [-0.2, 0) is 14.8 Å². The molecule has 0 aromatic heterocycles. The molecule has 0 unspecified atom stereocenters. The van der Waals surface area contributed by atoms with Gasteiger partial charge in [0.25, 0.3) is 5.69 Å². The van der Waals surface area contributed by atoms with E-state index in [9.17, 15) is 23.3 Å². The lowest BCUT2D eigenvalue weighted by atomic mass is 10.2. The zero-order chi connectivity index (χ0) is 19.5. The van der Waals surface area contributed by atoms with E-state index < -0.39 is 27.4 Å². The van der Waals surface area contributed by atoms with Gasteiger partial charge in [-0.25, -0.2) is 8.42 Å². The number of nitrogens with zero attached hydrogens (tertiary/aromatic N) is 2. The molecule has 0 aliphatic rings. The highest BCUT2D eigenvalue weighted by Crippen LogP contribution is 2.25. The molecule has 1 N–H and O–H groups in total. The number of anilines is 2. The average molecular weight is 398 g/mol. The first-order valence-electron chi connectivity index (χ1n) is 7.36. The Morgan fingerprint density at radius 2 is 1.96 bits per heavy atom. The summed E-state index contributed by atoms with van der Waals surface area (Å²) in [7, 11) is -3.74. The number of carbonyl (C=O) groups is 1. The van der Waals surface area contributed by atoms with E-state index in [1.165, 1.54) is 36.4 Å². The van der Waals surface area contributed by atoms with E-state index in [2.05, 4.69) is 5.32 Å². The first kappa shape index (κ1) is 19.7. The monoisotopic (exact) mass is 397 g/mol. The summed E-state index contributed by atoms with van der Waals surface area (Å²) in [6.45, 7) is 1.20.